The number of benzene rings is 2. The van der Waals surface area contributed by atoms with Crippen molar-refractivity contribution in [1.82, 2.24) is 19.7 Å². The third-order valence-corrected chi connectivity index (χ3v) is 4.19. The number of hydrogen-bond donors (Lipinski definition) is 1. The minimum absolute atomic E-state index is 0.608. The van der Waals surface area contributed by atoms with Gasteiger partial charge in [-0.15, -0.1) is 0 Å². The molecule has 0 saturated carbocycles. The van der Waals surface area contributed by atoms with Gasteiger partial charge in [0.05, 0.1) is 28.9 Å². The van der Waals surface area contributed by atoms with Gasteiger partial charge in [0.1, 0.15) is 17.9 Å². The Morgan fingerprint density at radius 1 is 1.08 bits per heavy atom. The summed E-state index contributed by atoms with van der Waals surface area (Å²) in [6, 6.07) is 15.2. The van der Waals surface area contributed by atoms with Gasteiger partial charge in [0, 0.05) is 5.69 Å². The highest BCUT2D eigenvalue weighted by molar-refractivity contribution is 6.32. The van der Waals surface area contributed by atoms with E-state index in [0.29, 0.717) is 23.1 Å². The van der Waals surface area contributed by atoms with Gasteiger partial charge in [-0.2, -0.15) is 5.10 Å². The summed E-state index contributed by atoms with van der Waals surface area (Å²) in [5, 5.41) is 9.15. The molecule has 2 aromatic heterocycles. The number of ether oxygens (including phenoxy) is 1. The Hall–Kier alpha value is -3.12. The van der Waals surface area contributed by atoms with Crippen LogP contribution in [-0.2, 0) is 0 Å². The maximum Gasteiger partial charge on any atom is 0.168 e. The number of hydrogen-bond acceptors (Lipinski definition) is 5. The lowest BCUT2D eigenvalue weighted by Crippen LogP contribution is -2.00. The molecule has 4 aromatic rings. The Labute approximate surface area is 155 Å². The van der Waals surface area contributed by atoms with Crippen molar-refractivity contribution in [2.45, 2.75) is 6.92 Å². The molecule has 4 rings (SSSR count). The Morgan fingerprint density at radius 3 is 2.65 bits per heavy atom. The zero-order valence-electron chi connectivity index (χ0n) is 14.1. The molecule has 26 heavy (non-hydrogen) atoms. The maximum atomic E-state index is 6.29. The van der Waals surface area contributed by atoms with Gasteiger partial charge in [-0.05, 0) is 43.3 Å². The molecule has 0 aliphatic carbocycles. The monoisotopic (exact) mass is 365 g/mol. The summed E-state index contributed by atoms with van der Waals surface area (Å²) in [4.78, 5) is 8.72. The van der Waals surface area contributed by atoms with Gasteiger partial charge < -0.3 is 10.1 Å². The molecule has 0 saturated heterocycles. The molecular weight excluding hydrogens is 350 g/mol. The fourth-order valence-electron chi connectivity index (χ4n) is 2.68. The second-order valence-electron chi connectivity index (χ2n) is 5.55. The smallest absolute Gasteiger partial charge is 0.168 e. The van der Waals surface area contributed by atoms with Crippen LogP contribution in [0, 0.1) is 0 Å². The number of fused-ring (bicyclic) bond motifs is 1. The van der Waals surface area contributed by atoms with Gasteiger partial charge >= 0.3 is 0 Å². The number of nitrogens with one attached hydrogen (secondary N) is 1. The summed E-state index contributed by atoms with van der Waals surface area (Å²) in [5.74, 6) is 1.51. The SMILES string of the molecule is CCOc1ccc(Nc2ncnc3c2cnn3-c2ccccc2Cl)cc1. The number of nitrogens with zero attached hydrogens (tertiary/aromatic N) is 4. The highest BCUT2D eigenvalue weighted by Gasteiger charge is 2.13. The van der Waals surface area contributed by atoms with Gasteiger partial charge in [-0.3, -0.25) is 0 Å². The minimum atomic E-state index is 0.608. The number of aromatic nitrogens is 4. The van der Waals surface area contributed by atoms with E-state index < -0.39 is 0 Å². The van der Waals surface area contributed by atoms with Crippen LogP contribution in [0.5, 0.6) is 5.75 Å². The molecule has 0 aliphatic heterocycles. The first kappa shape index (κ1) is 16.4. The van der Waals surface area contributed by atoms with Gasteiger partial charge in [0.15, 0.2) is 5.65 Å². The topological polar surface area (TPSA) is 64.9 Å². The lowest BCUT2D eigenvalue weighted by atomic mass is 10.3. The van der Waals surface area contributed by atoms with Crippen LogP contribution in [0.4, 0.5) is 11.5 Å². The summed E-state index contributed by atoms with van der Waals surface area (Å²) >= 11 is 6.29. The zero-order chi connectivity index (χ0) is 17.9. The minimum Gasteiger partial charge on any atom is -0.494 e. The summed E-state index contributed by atoms with van der Waals surface area (Å²) < 4.78 is 7.18. The molecule has 0 amide bonds. The van der Waals surface area contributed by atoms with Gasteiger partial charge in [0.25, 0.3) is 0 Å². The first-order chi connectivity index (χ1) is 12.8. The zero-order valence-corrected chi connectivity index (χ0v) is 14.8. The molecule has 0 bridgehead atoms. The Morgan fingerprint density at radius 2 is 1.88 bits per heavy atom. The van der Waals surface area contributed by atoms with Crippen molar-refractivity contribution in [3.05, 3.63) is 66.1 Å². The highest BCUT2D eigenvalue weighted by atomic mass is 35.5. The number of rotatable bonds is 5. The van der Waals surface area contributed by atoms with Crippen molar-refractivity contribution in [1.29, 1.82) is 0 Å². The average molecular weight is 366 g/mol. The van der Waals surface area contributed by atoms with Crippen molar-refractivity contribution in [3.8, 4) is 11.4 Å². The molecule has 0 spiro atoms. The van der Waals surface area contributed by atoms with E-state index in [0.717, 1.165) is 22.5 Å². The molecule has 2 heterocycles. The van der Waals surface area contributed by atoms with Crippen molar-refractivity contribution < 1.29 is 4.74 Å². The molecular formula is C19H16ClN5O. The van der Waals surface area contributed by atoms with E-state index >= 15 is 0 Å². The van der Waals surface area contributed by atoms with Crippen LogP contribution in [-0.4, -0.2) is 26.4 Å². The second kappa shape index (κ2) is 7.01. The third kappa shape index (κ3) is 3.07. The Balaban J connectivity index is 1.70. The van der Waals surface area contributed by atoms with Crippen molar-refractivity contribution in [3.63, 3.8) is 0 Å². The largest absolute Gasteiger partial charge is 0.494 e. The lowest BCUT2D eigenvalue weighted by Gasteiger charge is -2.08. The van der Waals surface area contributed by atoms with Gasteiger partial charge in [-0.1, -0.05) is 23.7 Å². The number of halogens is 1. The van der Waals surface area contributed by atoms with Crippen LogP contribution in [0.3, 0.4) is 0 Å². The molecule has 1 N–H and O–H groups in total. The van der Waals surface area contributed by atoms with Crippen LogP contribution in [0.2, 0.25) is 5.02 Å². The van der Waals surface area contributed by atoms with E-state index in [4.69, 9.17) is 16.3 Å². The predicted molar refractivity (Wildman–Crippen MR) is 103 cm³/mol. The van der Waals surface area contributed by atoms with E-state index in [1.165, 1.54) is 6.33 Å². The third-order valence-electron chi connectivity index (χ3n) is 3.87. The van der Waals surface area contributed by atoms with Crippen molar-refractivity contribution >= 4 is 34.1 Å². The first-order valence-electron chi connectivity index (χ1n) is 8.20. The van der Waals surface area contributed by atoms with Crippen LogP contribution in [0.1, 0.15) is 6.92 Å². The van der Waals surface area contributed by atoms with E-state index in [1.54, 1.807) is 10.9 Å². The van der Waals surface area contributed by atoms with E-state index in [1.807, 2.05) is 55.5 Å². The maximum absolute atomic E-state index is 6.29. The van der Waals surface area contributed by atoms with Crippen LogP contribution in [0.25, 0.3) is 16.7 Å². The van der Waals surface area contributed by atoms with Crippen LogP contribution >= 0.6 is 11.6 Å². The standard InChI is InChI=1S/C19H16ClN5O/c1-2-26-14-9-7-13(8-10-14)24-18-15-11-23-25(19(15)22-12-21-18)17-6-4-3-5-16(17)20/h3-12H,2H2,1H3,(H,21,22,24). The molecule has 0 radical (unpaired) electrons. The Bertz CT molecular complexity index is 1050. The van der Waals surface area contributed by atoms with Crippen molar-refractivity contribution in [2.24, 2.45) is 0 Å². The van der Waals surface area contributed by atoms with Crippen molar-refractivity contribution in [2.75, 3.05) is 11.9 Å². The van der Waals surface area contributed by atoms with E-state index in [-0.39, 0.29) is 0 Å². The first-order valence-corrected chi connectivity index (χ1v) is 8.57. The summed E-state index contributed by atoms with van der Waals surface area (Å²) in [6.45, 7) is 2.60. The summed E-state index contributed by atoms with van der Waals surface area (Å²) in [6.07, 6.45) is 3.24. The fourth-order valence-corrected chi connectivity index (χ4v) is 2.90. The van der Waals surface area contributed by atoms with E-state index in [9.17, 15) is 0 Å². The normalized spacial score (nSPS) is 10.8. The quantitative estimate of drug-likeness (QED) is 0.559. The molecule has 0 fully saturated rings. The van der Waals surface area contributed by atoms with Crippen LogP contribution in [0.15, 0.2) is 61.1 Å². The van der Waals surface area contributed by atoms with Gasteiger partial charge in [-0.25, -0.2) is 14.6 Å². The fraction of sp³-hybridized carbons (Fsp3) is 0.105. The number of anilines is 2. The predicted octanol–water partition coefficient (Wildman–Crippen LogP) is 4.61. The molecule has 6 nitrogen and oxygen atoms in total. The van der Waals surface area contributed by atoms with Crippen LogP contribution < -0.4 is 10.1 Å². The molecule has 130 valence electrons. The average Bonchev–Trinajstić information content (AvgIpc) is 3.09. The second-order valence-corrected chi connectivity index (χ2v) is 5.96. The summed E-state index contributed by atoms with van der Waals surface area (Å²) in [5.41, 5.74) is 2.36. The molecule has 0 unspecified atom stereocenters. The van der Waals surface area contributed by atoms with E-state index in [2.05, 4.69) is 20.4 Å². The number of para-hydroxylation sites is 1. The highest BCUT2D eigenvalue weighted by Crippen LogP contribution is 2.27. The summed E-state index contributed by atoms with van der Waals surface area (Å²) in [7, 11) is 0. The molecule has 0 atom stereocenters. The Kier molecular flexibility index (Phi) is 4.41. The molecule has 0 aliphatic rings. The molecule has 7 heteroatoms. The lowest BCUT2D eigenvalue weighted by molar-refractivity contribution is 0.340. The molecule has 2 aromatic carbocycles. The van der Waals surface area contributed by atoms with Gasteiger partial charge in [0.2, 0.25) is 0 Å².